The van der Waals surface area contributed by atoms with Crippen molar-refractivity contribution in [2.75, 3.05) is 19.8 Å². The van der Waals surface area contributed by atoms with Crippen molar-refractivity contribution >= 4 is 0 Å². The van der Waals surface area contributed by atoms with Crippen LogP contribution < -0.4 is 0 Å². The van der Waals surface area contributed by atoms with E-state index in [0.29, 0.717) is 6.61 Å². The Labute approximate surface area is 147 Å². The normalized spacial score (nSPS) is 27.5. The quantitative estimate of drug-likeness (QED) is 0.422. The summed E-state index contributed by atoms with van der Waals surface area (Å²) in [5.41, 5.74) is 0. The number of ether oxygens (including phenoxy) is 2. The smallest absolute Gasteiger partial charge is 0.114 e. The van der Waals surface area contributed by atoms with Crippen molar-refractivity contribution in [2.24, 2.45) is 0 Å². The number of aliphatic hydroxyl groups is 3. The van der Waals surface area contributed by atoms with Crippen LogP contribution in [0.2, 0.25) is 0 Å². The first kappa shape index (κ1) is 21.8. The minimum absolute atomic E-state index is 0.0463. The summed E-state index contributed by atoms with van der Waals surface area (Å²) < 4.78 is 11.0. The van der Waals surface area contributed by atoms with Crippen molar-refractivity contribution in [3.05, 3.63) is 0 Å². The van der Waals surface area contributed by atoms with Gasteiger partial charge in [-0.3, -0.25) is 0 Å². The second kappa shape index (κ2) is 14.0. The van der Waals surface area contributed by atoms with Crippen LogP contribution in [0.5, 0.6) is 0 Å². The van der Waals surface area contributed by atoms with Crippen molar-refractivity contribution in [3.63, 3.8) is 0 Å². The minimum atomic E-state index is -0.983. The Morgan fingerprint density at radius 3 is 1.96 bits per heavy atom. The summed E-state index contributed by atoms with van der Waals surface area (Å²) in [5, 5.41) is 28.8. The first-order valence-electron chi connectivity index (χ1n) is 9.90. The van der Waals surface area contributed by atoms with E-state index in [4.69, 9.17) is 9.47 Å². The number of aliphatic hydroxyl groups excluding tert-OH is 3. The third-order valence-electron chi connectivity index (χ3n) is 4.82. The number of hydrogen-bond acceptors (Lipinski definition) is 5. The molecule has 0 aromatic rings. The Hall–Kier alpha value is -0.200. The molecule has 0 aliphatic carbocycles. The maximum Gasteiger partial charge on any atom is 0.114 e. The summed E-state index contributed by atoms with van der Waals surface area (Å²) in [6, 6.07) is 0. The Morgan fingerprint density at radius 2 is 1.42 bits per heavy atom. The van der Waals surface area contributed by atoms with Gasteiger partial charge in [-0.25, -0.2) is 0 Å². The molecule has 0 aromatic carbocycles. The number of rotatable bonds is 14. The Kier molecular flexibility index (Phi) is 12.8. The second-order valence-corrected chi connectivity index (χ2v) is 6.98. The van der Waals surface area contributed by atoms with E-state index in [9.17, 15) is 15.3 Å². The highest BCUT2D eigenvalue weighted by Crippen LogP contribution is 2.19. The van der Waals surface area contributed by atoms with E-state index in [1.807, 2.05) is 0 Å². The topological polar surface area (TPSA) is 79.2 Å². The molecule has 0 aromatic heterocycles. The lowest BCUT2D eigenvalue weighted by Gasteiger charge is -2.37. The van der Waals surface area contributed by atoms with E-state index in [1.54, 1.807) is 0 Å². The van der Waals surface area contributed by atoms with Crippen molar-refractivity contribution in [2.45, 2.75) is 102 Å². The zero-order valence-electron chi connectivity index (χ0n) is 15.4. The van der Waals surface area contributed by atoms with Crippen LogP contribution >= 0.6 is 0 Å². The van der Waals surface area contributed by atoms with Gasteiger partial charge in [-0.15, -0.1) is 0 Å². The molecule has 5 nitrogen and oxygen atoms in total. The molecule has 5 heteroatoms. The largest absolute Gasteiger partial charge is 0.394 e. The molecule has 1 fully saturated rings. The fourth-order valence-corrected chi connectivity index (χ4v) is 3.20. The summed E-state index contributed by atoms with van der Waals surface area (Å²) >= 11 is 0. The average Bonchev–Trinajstić information content (AvgIpc) is 2.59. The molecule has 0 radical (unpaired) electrons. The molecule has 24 heavy (non-hydrogen) atoms. The molecule has 0 bridgehead atoms. The van der Waals surface area contributed by atoms with Crippen LogP contribution in [-0.4, -0.2) is 59.6 Å². The predicted octanol–water partition coefficient (Wildman–Crippen LogP) is 2.80. The summed E-state index contributed by atoms with van der Waals surface area (Å²) in [6.45, 7) is 2.63. The van der Waals surface area contributed by atoms with E-state index in [1.165, 1.54) is 57.8 Å². The lowest BCUT2D eigenvalue weighted by atomic mass is 10.0. The first-order chi connectivity index (χ1) is 11.7. The molecule has 4 atom stereocenters. The Morgan fingerprint density at radius 1 is 0.875 bits per heavy atom. The molecule has 1 aliphatic heterocycles. The van der Waals surface area contributed by atoms with Gasteiger partial charge in [-0.1, -0.05) is 71.1 Å². The van der Waals surface area contributed by atoms with Crippen LogP contribution in [-0.2, 0) is 9.47 Å². The average molecular weight is 347 g/mol. The van der Waals surface area contributed by atoms with Gasteiger partial charge >= 0.3 is 0 Å². The van der Waals surface area contributed by atoms with Crippen LogP contribution in [0.25, 0.3) is 0 Å². The maximum absolute atomic E-state index is 9.95. The molecule has 0 amide bonds. The van der Waals surface area contributed by atoms with E-state index in [-0.39, 0.29) is 13.2 Å². The minimum Gasteiger partial charge on any atom is -0.394 e. The van der Waals surface area contributed by atoms with Crippen LogP contribution in [0.4, 0.5) is 0 Å². The highest BCUT2D eigenvalue weighted by Gasteiger charge is 2.39. The number of unbranched alkanes of at least 4 members (excludes halogenated alkanes) is 10. The standard InChI is InChI=1S/C19H38O5/c1-2-3-4-5-6-7-8-9-10-11-12-13-23-19-17(14-20)24-15-16(21)18(19)22/h16-22H,2-15H2,1H3/t16-,17+,18+,19+/m1/s1. The van der Waals surface area contributed by atoms with Gasteiger partial charge in [0.25, 0.3) is 0 Å². The van der Waals surface area contributed by atoms with Gasteiger partial charge in [0.2, 0.25) is 0 Å². The van der Waals surface area contributed by atoms with Crippen LogP contribution in [0.3, 0.4) is 0 Å². The molecule has 144 valence electrons. The zero-order valence-corrected chi connectivity index (χ0v) is 15.4. The summed E-state index contributed by atoms with van der Waals surface area (Å²) in [5.74, 6) is 0. The molecule has 0 spiro atoms. The highest BCUT2D eigenvalue weighted by atomic mass is 16.6. The first-order valence-corrected chi connectivity index (χ1v) is 9.90. The molecule has 3 N–H and O–H groups in total. The molecule has 0 saturated carbocycles. The molecule has 1 saturated heterocycles. The third kappa shape index (κ3) is 8.77. The van der Waals surface area contributed by atoms with Gasteiger partial charge in [0.1, 0.15) is 24.4 Å². The van der Waals surface area contributed by atoms with Crippen LogP contribution in [0.15, 0.2) is 0 Å². The highest BCUT2D eigenvalue weighted by molar-refractivity contribution is 4.87. The van der Waals surface area contributed by atoms with Crippen molar-refractivity contribution in [1.29, 1.82) is 0 Å². The lowest BCUT2D eigenvalue weighted by molar-refractivity contribution is -0.211. The Bertz CT molecular complexity index is 285. The van der Waals surface area contributed by atoms with Gasteiger partial charge in [0, 0.05) is 6.61 Å². The lowest BCUT2D eigenvalue weighted by Crippen LogP contribution is -2.55. The molecular weight excluding hydrogens is 308 g/mol. The second-order valence-electron chi connectivity index (χ2n) is 6.98. The van der Waals surface area contributed by atoms with Crippen molar-refractivity contribution < 1.29 is 24.8 Å². The van der Waals surface area contributed by atoms with E-state index >= 15 is 0 Å². The number of hydrogen-bond donors (Lipinski definition) is 3. The van der Waals surface area contributed by atoms with E-state index < -0.39 is 24.4 Å². The predicted molar refractivity (Wildman–Crippen MR) is 95.0 cm³/mol. The summed E-state index contributed by atoms with van der Waals surface area (Å²) in [4.78, 5) is 0. The van der Waals surface area contributed by atoms with Crippen molar-refractivity contribution in [3.8, 4) is 0 Å². The van der Waals surface area contributed by atoms with Gasteiger partial charge in [-0.05, 0) is 6.42 Å². The van der Waals surface area contributed by atoms with Gasteiger partial charge in [-0.2, -0.15) is 0 Å². The Balaban J connectivity index is 1.95. The fourth-order valence-electron chi connectivity index (χ4n) is 3.20. The summed E-state index contributed by atoms with van der Waals surface area (Å²) in [7, 11) is 0. The maximum atomic E-state index is 9.95. The molecule has 1 heterocycles. The van der Waals surface area contributed by atoms with Crippen molar-refractivity contribution in [1.82, 2.24) is 0 Å². The fraction of sp³-hybridized carbons (Fsp3) is 1.00. The zero-order chi connectivity index (χ0) is 17.6. The monoisotopic (exact) mass is 346 g/mol. The van der Waals surface area contributed by atoms with E-state index in [2.05, 4.69) is 6.92 Å². The van der Waals surface area contributed by atoms with Crippen LogP contribution in [0.1, 0.15) is 77.6 Å². The van der Waals surface area contributed by atoms with Gasteiger partial charge in [0.15, 0.2) is 0 Å². The SMILES string of the molecule is CCCCCCCCCCCCCO[C@@H]1[C@@H](O)[C@H](O)CO[C@H]1CO. The molecule has 1 aliphatic rings. The van der Waals surface area contributed by atoms with Gasteiger partial charge < -0.3 is 24.8 Å². The van der Waals surface area contributed by atoms with Gasteiger partial charge in [0.05, 0.1) is 13.2 Å². The molecule has 0 unspecified atom stereocenters. The third-order valence-corrected chi connectivity index (χ3v) is 4.82. The molecule has 1 rings (SSSR count). The molecular formula is C19H38O5. The van der Waals surface area contributed by atoms with E-state index in [0.717, 1.165) is 12.8 Å². The van der Waals surface area contributed by atoms with Crippen LogP contribution in [0, 0.1) is 0 Å². The summed E-state index contributed by atoms with van der Waals surface area (Å²) in [6.07, 6.45) is 10.9.